The molecule has 0 aliphatic rings. The van der Waals surface area contributed by atoms with Crippen LogP contribution < -0.4 is 5.73 Å². The molecule has 7 heteroatoms. The summed E-state index contributed by atoms with van der Waals surface area (Å²) < 4.78 is 7.44. The summed E-state index contributed by atoms with van der Waals surface area (Å²) in [4.78, 5) is 30.1. The fourth-order valence-electron chi connectivity index (χ4n) is 4.29. The van der Waals surface area contributed by atoms with E-state index in [0.29, 0.717) is 24.2 Å². The Bertz CT molecular complexity index is 1280. The summed E-state index contributed by atoms with van der Waals surface area (Å²) in [5.41, 5.74) is 8.42. The molecule has 3 rings (SSSR count). The van der Waals surface area contributed by atoms with Gasteiger partial charge in [0.2, 0.25) is 0 Å². The molecule has 1 aromatic heterocycles. The molecule has 0 radical (unpaired) electrons. The van der Waals surface area contributed by atoms with E-state index in [9.17, 15) is 14.7 Å². The van der Waals surface area contributed by atoms with Crippen molar-refractivity contribution in [3.63, 3.8) is 0 Å². The molecule has 1 amide bonds. The van der Waals surface area contributed by atoms with Gasteiger partial charge < -0.3 is 20.1 Å². The first-order valence-electron chi connectivity index (χ1n) is 13.2. The predicted octanol–water partition coefficient (Wildman–Crippen LogP) is 6.07. The molecule has 38 heavy (non-hydrogen) atoms. The van der Waals surface area contributed by atoms with E-state index in [2.05, 4.69) is 6.92 Å². The lowest BCUT2D eigenvalue weighted by atomic mass is 9.86. The number of nitrogens with zero attached hydrogens (tertiary/aromatic N) is 2. The van der Waals surface area contributed by atoms with E-state index in [0.717, 1.165) is 35.4 Å². The van der Waals surface area contributed by atoms with Crippen LogP contribution in [0.3, 0.4) is 0 Å². The van der Waals surface area contributed by atoms with Crippen molar-refractivity contribution in [3.05, 3.63) is 76.9 Å². The second-order valence-corrected chi connectivity index (χ2v) is 11.8. The molecule has 0 aliphatic carbocycles. The highest BCUT2D eigenvalue weighted by Gasteiger charge is 2.33. The highest BCUT2D eigenvalue weighted by molar-refractivity contribution is 5.97. The summed E-state index contributed by atoms with van der Waals surface area (Å²) in [5.74, 6) is -0.244. The number of esters is 1. The van der Waals surface area contributed by atoms with Gasteiger partial charge in [0.15, 0.2) is 0 Å². The van der Waals surface area contributed by atoms with Crippen molar-refractivity contribution in [2.24, 2.45) is 11.1 Å². The Hall–Kier alpha value is -3.45. The van der Waals surface area contributed by atoms with E-state index in [1.165, 1.54) is 0 Å². The molecule has 7 nitrogen and oxygen atoms in total. The second kappa shape index (κ2) is 11.5. The van der Waals surface area contributed by atoms with E-state index >= 15 is 0 Å². The molecule has 0 spiro atoms. The standard InChI is InChI=1S/C31H41N3O4/c1-8-9-14-24-33-25(27(35)30(2,3)4)26(28(32)36)34(24)19-20-15-17-21(18-16-20)22-12-10-11-13-23(22)29(37)38-31(5,6)7/h10-13,15-18,27,35H,8-9,14,19H2,1-7H3,(H2,32,36). The fraction of sp³-hybridized carbons (Fsp3) is 0.452. The van der Waals surface area contributed by atoms with E-state index in [-0.39, 0.29) is 11.7 Å². The van der Waals surface area contributed by atoms with Gasteiger partial charge in [0, 0.05) is 13.0 Å². The zero-order valence-electron chi connectivity index (χ0n) is 23.7. The van der Waals surface area contributed by atoms with Crippen molar-refractivity contribution < 1.29 is 19.4 Å². The highest BCUT2D eigenvalue weighted by atomic mass is 16.6. The van der Waals surface area contributed by atoms with E-state index < -0.39 is 23.0 Å². The maximum absolute atomic E-state index is 12.8. The van der Waals surface area contributed by atoms with Crippen molar-refractivity contribution in [1.82, 2.24) is 9.55 Å². The number of aromatic nitrogens is 2. The largest absolute Gasteiger partial charge is 0.456 e. The summed E-state index contributed by atoms with van der Waals surface area (Å²) in [5, 5.41) is 11.0. The summed E-state index contributed by atoms with van der Waals surface area (Å²) >= 11 is 0. The number of imidazole rings is 1. The molecule has 204 valence electrons. The number of amides is 1. The van der Waals surface area contributed by atoms with Crippen LogP contribution in [0.1, 0.15) is 105 Å². The zero-order valence-corrected chi connectivity index (χ0v) is 23.7. The third-order valence-electron chi connectivity index (χ3n) is 6.29. The van der Waals surface area contributed by atoms with Gasteiger partial charge in [-0.1, -0.05) is 76.6 Å². The molecule has 3 N–H and O–H groups in total. The highest BCUT2D eigenvalue weighted by Crippen LogP contribution is 2.35. The number of carbonyl (C=O) groups is 2. The van der Waals surface area contributed by atoms with E-state index in [4.69, 9.17) is 15.5 Å². The Morgan fingerprint density at radius 1 is 1.03 bits per heavy atom. The Morgan fingerprint density at radius 2 is 1.66 bits per heavy atom. The number of rotatable bonds is 9. The number of aryl methyl sites for hydroxylation is 1. The van der Waals surface area contributed by atoms with Gasteiger partial charge in [-0.05, 0) is 55.4 Å². The average molecular weight is 520 g/mol. The average Bonchev–Trinajstić information content (AvgIpc) is 3.19. The molecule has 0 saturated carbocycles. The molecular weight excluding hydrogens is 478 g/mol. The molecule has 1 unspecified atom stereocenters. The summed E-state index contributed by atoms with van der Waals surface area (Å²) in [6, 6.07) is 15.2. The molecule has 0 saturated heterocycles. The summed E-state index contributed by atoms with van der Waals surface area (Å²) in [7, 11) is 0. The van der Waals surface area contributed by atoms with Crippen LogP contribution in [-0.2, 0) is 17.7 Å². The Kier molecular flexibility index (Phi) is 8.82. The number of ether oxygens (including phenoxy) is 1. The first kappa shape index (κ1) is 29.1. The molecule has 0 bridgehead atoms. The van der Waals surface area contributed by atoms with Crippen LogP contribution in [-0.4, -0.2) is 32.1 Å². The van der Waals surface area contributed by atoms with Crippen molar-refractivity contribution >= 4 is 11.9 Å². The first-order chi connectivity index (χ1) is 17.7. The molecule has 1 heterocycles. The number of hydrogen-bond donors (Lipinski definition) is 2. The molecule has 0 aliphatic heterocycles. The first-order valence-corrected chi connectivity index (χ1v) is 13.2. The van der Waals surface area contributed by atoms with Gasteiger partial charge in [-0.3, -0.25) is 4.79 Å². The number of benzene rings is 2. The van der Waals surface area contributed by atoms with E-state index in [1.54, 1.807) is 6.07 Å². The Balaban J connectivity index is 1.99. The summed E-state index contributed by atoms with van der Waals surface area (Å²) in [6.07, 6.45) is 1.62. The normalized spacial score (nSPS) is 12.8. The van der Waals surface area contributed by atoms with Crippen LogP contribution in [0, 0.1) is 5.41 Å². The maximum Gasteiger partial charge on any atom is 0.339 e. The minimum Gasteiger partial charge on any atom is -0.456 e. The smallest absolute Gasteiger partial charge is 0.339 e. The van der Waals surface area contributed by atoms with Gasteiger partial charge in [0.1, 0.15) is 28.9 Å². The molecule has 3 aromatic rings. The molecule has 1 atom stereocenters. The Labute approximate surface area is 226 Å². The second-order valence-electron chi connectivity index (χ2n) is 11.8. The number of nitrogens with two attached hydrogens (primary N) is 1. The number of primary amides is 1. The number of unbranched alkanes of at least 4 members (excludes halogenated alkanes) is 1. The lowest BCUT2D eigenvalue weighted by molar-refractivity contribution is 0.00703. The number of hydrogen-bond acceptors (Lipinski definition) is 5. The topological polar surface area (TPSA) is 107 Å². The maximum atomic E-state index is 12.8. The van der Waals surface area contributed by atoms with Crippen LogP contribution >= 0.6 is 0 Å². The molecule has 2 aromatic carbocycles. The van der Waals surface area contributed by atoms with Gasteiger partial charge in [-0.25, -0.2) is 9.78 Å². The van der Waals surface area contributed by atoms with Crippen LogP contribution in [0.4, 0.5) is 0 Å². The van der Waals surface area contributed by atoms with Gasteiger partial charge in [-0.15, -0.1) is 0 Å². The zero-order chi connectivity index (χ0) is 28.3. The van der Waals surface area contributed by atoms with Crippen molar-refractivity contribution in [2.45, 2.75) is 86.0 Å². The van der Waals surface area contributed by atoms with Gasteiger partial charge in [0.25, 0.3) is 5.91 Å². The number of aliphatic hydroxyl groups is 1. The quantitative estimate of drug-likeness (QED) is 0.333. The number of carbonyl (C=O) groups excluding carboxylic acids is 2. The third kappa shape index (κ3) is 6.90. The van der Waals surface area contributed by atoms with Crippen molar-refractivity contribution in [2.75, 3.05) is 0 Å². The van der Waals surface area contributed by atoms with Crippen molar-refractivity contribution in [3.8, 4) is 11.1 Å². The van der Waals surface area contributed by atoms with Crippen LogP contribution in [0.2, 0.25) is 0 Å². The molecule has 0 fully saturated rings. The lowest BCUT2D eigenvalue weighted by Gasteiger charge is -2.25. The SMILES string of the molecule is CCCCc1nc(C(O)C(C)(C)C)c(C(N)=O)n1Cc1ccc(-c2ccccc2C(=O)OC(C)(C)C)cc1. The Morgan fingerprint density at radius 3 is 2.21 bits per heavy atom. The number of aliphatic hydroxyl groups excluding tert-OH is 1. The minimum atomic E-state index is -0.932. The third-order valence-corrected chi connectivity index (χ3v) is 6.29. The van der Waals surface area contributed by atoms with E-state index in [1.807, 2.05) is 88.6 Å². The van der Waals surface area contributed by atoms with Crippen molar-refractivity contribution in [1.29, 1.82) is 0 Å². The summed E-state index contributed by atoms with van der Waals surface area (Å²) in [6.45, 7) is 13.7. The lowest BCUT2D eigenvalue weighted by Crippen LogP contribution is -2.25. The van der Waals surface area contributed by atoms with Crippen LogP contribution in [0.15, 0.2) is 48.5 Å². The molecular formula is C31H41N3O4. The monoisotopic (exact) mass is 519 g/mol. The minimum absolute atomic E-state index is 0.248. The van der Waals surface area contributed by atoms with Crippen LogP contribution in [0.5, 0.6) is 0 Å². The van der Waals surface area contributed by atoms with Gasteiger partial charge >= 0.3 is 5.97 Å². The predicted molar refractivity (Wildman–Crippen MR) is 150 cm³/mol. The van der Waals surface area contributed by atoms with Crippen LogP contribution in [0.25, 0.3) is 11.1 Å². The van der Waals surface area contributed by atoms with Gasteiger partial charge in [0.05, 0.1) is 5.56 Å². The fourth-order valence-corrected chi connectivity index (χ4v) is 4.29. The van der Waals surface area contributed by atoms with Gasteiger partial charge in [-0.2, -0.15) is 0 Å².